The van der Waals surface area contributed by atoms with Crippen molar-refractivity contribution >= 4 is 37.1 Å². The van der Waals surface area contributed by atoms with Gasteiger partial charge >= 0.3 is 10.2 Å². The topological polar surface area (TPSA) is 101 Å². The SMILES string of the molecule is CN(S(=O)(=O)N=C=O)S(=O)(=O)c1cccc2ccccc12. The van der Waals surface area contributed by atoms with Gasteiger partial charge in [-0.2, -0.15) is 8.42 Å². The molecule has 0 N–H and O–H groups in total. The zero-order valence-electron chi connectivity index (χ0n) is 10.8. The lowest BCUT2D eigenvalue weighted by atomic mass is 10.1. The number of sulfonamides is 1. The van der Waals surface area contributed by atoms with Gasteiger partial charge in [0, 0.05) is 12.4 Å². The van der Waals surface area contributed by atoms with Crippen molar-refractivity contribution in [3.05, 3.63) is 42.5 Å². The average molecular weight is 326 g/mol. The summed E-state index contributed by atoms with van der Waals surface area (Å²) < 4.78 is 50.6. The molecule has 0 spiro atoms. The van der Waals surface area contributed by atoms with Gasteiger partial charge in [-0.1, -0.05) is 44.5 Å². The molecule has 0 saturated heterocycles. The summed E-state index contributed by atoms with van der Waals surface area (Å²) in [6, 6.07) is 11.1. The van der Waals surface area contributed by atoms with Crippen LogP contribution in [0.5, 0.6) is 0 Å². The fraction of sp³-hybridized carbons (Fsp3) is 0.0833. The highest BCUT2D eigenvalue weighted by molar-refractivity contribution is 8.03. The summed E-state index contributed by atoms with van der Waals surface area (Å²) in [5, 5.41) is 1.01. The van der Waals surface area contributed by atoms with E-state index in [-0.39, 0.29) is 8.61 Å². The first-order chi connectivity index (χ1) is 9.80. The molecule has 0 radical (unpaired) electrons. The second-order valence-electron chi connectivity index (χ2n) is 4.02. The van der Waals surface area contributed by atoms with Crippen LogP contribution in [0.3, 0.4) is 0 Å². The van der Waals surface area contributed by atoms with E-state index in [4.69, 9.17) is 0 Å². The Morgan fingerprint density at radius 1 is 1.00 bits per heavy atom. The second kappa shape index (κ2) is 5.38. The molecule has 21 heavy (non-hydrogen) atoms. The highest BCUT2D eigenvalue weighted by atomic mass is 32.3. The first kappa shape index (κ1) is 15.3. The number of hydrogen-bond acceptors (Lipinski definition) is 5. The molecule has 0 heterocycles. The van der Waals surface area contributed by atoms with E-state index >= 15 is 0 Å². The lowest BCUT2D eigenvalue weighted by molar-refractivity contribution is 0.526. The Bertz CT molecular complexity index is 939. The summed E-state index contributed by atoms with van der Waals surface area (Å²) in [6.07, 6.45) is 0.831. The van der Waals surface area contributed by atoms with Crippen LogP contribution in [-0.2, 0) is 25.0 Å². The normalized spacial score (nSPS) is 12.3. The van der Waals surface area contributed by atoms with Crippen LogP contribution in [0.1, 0.15) is 0 Å². The summed E-state index contributed by atoms with van der Waals surface area (Å²) in [5.74, 6) is 0. The van der Waals surface area contributed by atoms with Gasteiger partial charge in [-0.05, 0) is 11.5 Å². The molecule has 0 saturated carbocycles. The number of hydrogen-bond donors (Lipinski definition) is 0. The van der Waals surface area contributed by atoms with E-state index in [9.17, 15) is 21.6 Å². The molecular weight excluding hydrogens is 316 g/mol. The molecule has 110 valence electrons. The highest BCUT2D eigenvalue weighted by Gasteiger charge is 2.32. The number of isocyanates is 1. The van der Waals surface area contributed by atoms with Gasteiger partial charge in [-0.3, -0.25) is 0 Å². The number of carbonyl (C=O) groups excluding carboxylic acids is 1. The molecule has 2 rings (SSSR count). The molecule has 2 aromatic carbocycles. The molecule has 0 fully saturated rings. The Labute approximate surface area is 121 Å². The van der Waals surface area contributed by atoms with Gasteiger partial charge < -0.3 is 0 Å². The van der Waals surface area contributed by atoms with Gasteiger partial charge in [-0.15, -0.1) is 0 Å². The minimum atomic E-state index is -4.64. The van der Waals surface area contributed by atoms with Crippen LogP contribution in [0.15, 0.2) is 51.8 Å². The first-order valence-electron chi connectivity index (χ1n) is 5.61. The number of fused-ring (bicyclic) bond motifs is 1. The molecule has 0 aromatic heterocycles. The van der Waals surface area contributed by atoms with Crippen LogP contribution in [0.2, 0.25) is 0 Å². The molecule has 9 heteroatoms. The summed E-state index contributed by atoms with van der Waals surface area (Å²) >= 11 is 0. The maximum Gasteiger partial charge on any atom is 0.345 e. The zero-order valence-corrected chi connectivity index (χ0v) is 12.4. The Morgan fingerprint density at radius 3 is 2.29 bits per heavy atom. The van der Waals surface area contributed by atoms with Crippen molar-refractivity contribution < 1.29 is 21.6 Å². The third-order valence-corrected chi connectivity index (χ3v) is 6.54. The molecule has 0 unspecified atom stereocenters. The van der Waals surface area contributed by atoms with Crippen molar-refractivity contribution in [2.75, 3.05) is 7.05 Å². The van der Waals surface area contributed by atoms with Gasteiger partial charge in [0.05, 0.1) is 4.90 Å². The molecule has 0 bridgehead atoms. The van der Waals surface area contributed by atoms with Crippen LogP contribution < -0.4 is 0 Å². The Balaban J connectivity index is 2.71. The standard InChI is InChI=1S/C12H10N2O5S2/c1-14(21(18,19)13-9-15)20(16,17)12-8-4-6-10-5-2-3-7-11(10)12/h2-8H,1H3. The van der Waals surface area contributed by atoms with E-state index < -0.39 is 20.2 Å². The van der Waals surface area contributed by atoms with Crippen LogP contribution >= 0.6 is 0 Å². The molecule has 0 aliphatic heterocycles. The number of nitrogens with zero attached hydrogens (tertiary/aromatic N) is 2. The van der Waals surface area contributed by atoms with E-state index in [0.717, 1.165) is 13.1 Å². The van der Waals surface area contributed by atoms with Gasteiger partial charge in [0.25, 0.3) is 16.1 Å². The maximum absolute atomic E-state index is 12.4. The molecule has 0 aliphatic carbocycles. The summed E-state index contributed by atoms with van der Waals surface area (Å²) in [7, 11) is -8.20. The van der Waals surface area contributed by atoms with Crippen molar-refractivity contribution in [1.82, 2.24) is 3.71 Å². The second-order valence-corrected chi connectivity index (χ2v) is 7.82. The molecule has 2 aromatic rings. The van der Waals surface area contributed by atoms with Crippen molar-refractivity contribution in [1.29, 1.82) is 0 Å². The van der Waals surface area contributed by atoms with Crippen LogP contribution in [0.25, 0.3) is 10.8 Å². The van der Waals surface area contributed by atoms with Crippen molar-refractivity contribution in [3.63, 3.8) is 0 Å². The predicted molar refractivity (Wildman–Crippen MR) is 75.9 cm³/mol. The third-order valence-electron chi connectivity index (χ3n) is 2.84. The Kier molecular flexibility index (Phi) is 3.93. The number of benzene rings is 2. The number of rotatable bonds is 4. The molecule has 0 atom stereocenters. The largest absolute Gasteiger partial charge is 0.345 e. The monoisotopic (exact) mass is 326 g/mol. The average Bonchev–Trinajstić information content (AvgIpc) is 2.45. The Hall–Kier alpha value is -2.06. The summed E-state index contributed by atoms with van der Waals surface area (Å²) in [5.41, 5.74) is 0. The lowest BCUT2D eigenvalue weighted by Crippen LogP contribution is -2.31. The molecule has 7 nitrogen and oxygen atoms in total. The van der Waals surface area contributed by atoms with Crippen molar-refractivity contribution in [3.8, 4) is 0 Å². The van der Waals surface area contributed by atoms with E-state index in [1.807, 2.05) is 0 Å². The quantitative estimate of drug-likeness (QED) is 0.617. The van der Waals surface area contributed by atoms with Crippen molar-refractivity contribution in [2.24, 2.45) is 4.40 Å². The van der Waals surface area contributed by atoms with Gasteiger partial charge in [0.2, 0.25) is 0 Å². The van der Waals surface area contributed by atoms with Crippen LogP contribution in [0.4, 0.5) is 0 Å². The summed E-state index contributed by atoms with van der Waals surface area (Å²) in [6.45, 7) is 0. The summed E-state index contributed by atoms with van der Waals surface area (Å²) in [4.78, 5) is 9.92. The van der Waals surface area contributed by atoms with Gasteiger partial charge in [0.15, 0.2) is 0 Å². The molecule has 0 aliphatic rings. The predicted octanol–water partition coefficient (Wildman–Crippen LogP) is 1.04. The van der Waals surface area contributed by atoms with E-state index in [1.165, 1.54) is 12.1 Å². The maximum atomic E-state index is 12.4. The Morgan fingerprint density at radius 2 is 1.62 bits per heavy atom. The van der Waals surface area contributed by atoms with Gasteiger partial charge in [-0.25, -0.2) is 13.2 Å². The van der Waals surface area contributed by atoms with E-state index in [1.54, 1.807) is 30.3 Å². The minimum absolute atomic E-state index is 0.0483. The van der Waals surface area contributed by atoms with Crippen LogP contribution in [-0.4, -0.2) is 33.7 Å². The zero-order chi connectivity index (χ0) is 15.7. The molecular formula is C12H10N2O5S2. The lowest BCUT2D eigenvalue weighted by Gasteiger charge is -2.15. The van der Waals surface area contributed by atoms with Crippen LogP contribution in [0, 0.1) is 0 Å². The molecule has 0 amide bonds. The van der Waals surface area contributed by atoms with Gasteiger partial charge in [0.1, 0.15) is 0 Å². The van der Waals surface area contributed by atoms with Crippen molar-refractivity contribution in [2.45, 2.75) is 4.90 Å². The smallest absolute Gasteiger partial charge is 0.210 e. The highest BCUT2D eigenvalue weighted by Crippen LogP contribution is 2.26. The van der Waals surface area contributed by atoms with E-state index in [0.29, 0.717) is 10.8 Å². The van der Waals surface area contributed by atoms with E-state index in [2.05, 4.69) is 4.40 Å². The fourth-order valence-electron chi connectivity index (χ4n) is 1.79. The first-order valence-corrected chi connectivity index (χ1v) is 8.45. The minimum Gasteiger partial charge on any atom is -0.210 e. The fourth-order valence-corrected chi connectivity index (χ4v) is 4.32. The third kappa shape index (κ3) is 2.72.